The molecule has 3 amide bonds. The number of morpholine rings is 1. The number of benzene rings is 1. The predicted molar refractivity (Wildman–Crippen MR) is 96.3 cm³/mol. The molecule has 2 rings (SSSR count). The monoisotopic (exact) mass is 344 g/mol. The Labute approximate surface area is 148 Å². The quantitative estimate of drug-likeness (QED) is 0.661. The van der Waals surface area contributed by atoms with Crippen LogP contribution < -0.4 is 20.9 Å². The molecule has 1 unspecified atom stereocenters. The fourth-order valence-electron chi connectivity index (χ4n) is 2.50. The maximum atomic E-state index is 11.9. The number of carbonyl (C=O) groups is 2. The van der Waals surface area contributed by atoms with Crippen LogP contribution >= 0.6 is 0 Å². The van der Waals surface area contributed by atoms with Gasteiger partial charge in [-0.05, 0) is 24.6 Å². The number of carbonyl (C=O) groups excluding carboxylic acids is 2. The molecule has 0 bridgehead atoms. The van der Waals surface area contributed by atoms with E-state index in [-0.39, 0.29) is 25.0 Å². The summed E-state index contributed by atoms with van der Waals surface area (Å²) in [6.45, 7) is 5.18. The molecule has 7 heteroatoms. The molecule has 134 valence electrons. The van der Waals surface area contributed by atoms with Gasteiger partial charge in [0.1, 0.15) is 0 Å². The first-order valence-corrected chi connectivity index (χ1v) is 8.27. The maximum Gasteiger partial charge on any atom is 0.315 e. The Morgan fingerprint density at radius 3 is 2.56 bits per heavy atom. The van der Waals surface area contributed by atoms with E-state index in [2.05, 4.69) is 26.8 Å². The molecule has 1 saturated heterocycles. The molecule has 1 atom stereocenters. The van der Waals surface area contributed by atoms with Gasteiger partial charge in [0.25, 0.3) is 0 Å². The van der Waals surface area contributed by atoms with E-state index in [1.165, 1.54) is 0 Å². The molecular weight excluding hydrogens is 320 g/mol. The Morgan fingerprint density at radius 2 is 1.92 bits per heavy atom. The van der Waals surface area contributed by atoms with Crippen molar-refractivity contribution in [3.05, 3.63) is 29.8 Å². The van der Waals surface area contributed by atoms with E-state index < -0.39 is 6.03 Å². The summed E-state index contributed by atoms with van der Waals surface area (Å²) in [5, 5.41) is 7.78. The lowest BCUT2D eigenvalue weighted by Gasteiger charge is -2.29. The highest BCUT2D eigenvalue weighted by molar-refractivity contribution is 5.84. The summed E-state index contributed by atoms with van der Waals surface area (Å²) >= 11 is 0. The molecule has 1 aliphatic rings. The minimum absolute atomic E-state index is 0.115. The second-order valence-electron chi connectivity index (χ2n) is 5.72. The van der Waals surface area contributed by atoms with E-state index in [4.69, 9.17) is 11.2 Å². The molecule has 0 spiro atoms. The van der Waals surface area contributed by atoms with Crippen molar-refractivity contribution in [2.24, 2.45) is 0 Å². The van der Waals surface area contributed by atoms with Gasteiger partial charge in [0, 0.05) is 18.8 Å². The molecule has 1 heterocycles. The van der Waals surface area contributed by atoms with Crippen LogP contribution in [0.4, 0.5) is 10.5 Å². The van der Waals surface area contributed by atoms with Crippen molar-refractivity contribution in [2.45, 2.75) is 13.0 Å². The van der Waals surface area contributed by atoms with Gasteiger partial charge < -0.3 is 25.6 Å². The number of hydrogen-bond acceptors (Lipinski definition) is 4. The lowest BCUT2D eigenvalue weighted by Crippen LogP contribution is -2.42. The summed E-state index contributed by atoms with van der Waals surface area (Å²) in [6, 6.07) is 7.51. The molecule has 0 aliphatic carbocycles. The second-order valence-corrected chi connectivity index (χ2v) is 5.72. The number of hydrogen-bond donors (Lipinski definition) is 3. The van der Waals surface area contributed by atoms with Gasteiger partial charge in [0.15, 0.2) is 0 Å². The molecular formula is C18H24N4O3. The minimum atomic E-state index is -0.402. The van der Waals surface area contributed by atoms with Crippen molar-refractivity contribution in [1.82, 2.24) is 16.0 Å². The fraction of sp³-hybridized carbons (Fsp3) is 0.444. The summed E-state index contributed by atoms with van der Waals surface area (Å²) in [5.41, 5.74) is 2.14. The van der Waals surface area contributed by atoms with Crippen molar-refractivity contribution in [3.63, 3.8) is 0 Å². The van der Waals surface area contributed by atoms with Crippen LogP contribution in [0.3, 0.4) is 0 Å². The smallest absolute Gasteiger partial charge is 0.315 e. The lowest BCUT2D eigenvalue weighted by atomic mass is 10.1. The van der Waals surface area contributed by atoms with E-state index in [1.807, 2.05) is 31.2 Å². The standard InChI is InChI=1S/C18H24N4O3/c1-3-8-19-17(23)13-20-18(24)21-14(2)15-4-6-16(7-5-15)22-9-11-25-12-10-22/h1,4-7,14H,8-13H2,2H3,(H,19,23)(H2,20,21,24). The summed E-state index contributed by atoms with van der Waals surface area (Å²) in [6.07, 6.45) is 5.05. The summed E-state index contributed by atoms with van der Waals surface area (Å²) in [4.78, 5) is 25.5. The van der Waals surface area contributed by atoms with Gasteiger partial charge in [0.2, 0.25) is 5.91 Å². The van der Waals surface area contributed by atoms with E-state index >= 15 is 0 Å². The zero-order chi connectivity index (χ0) is 18.1. The Balaban J connectivity index is 1.79. The van der Waals surface area contributed by atoms with Gasteiger partial charge in [-0.1, -0.05) is 18.1 Å². The minimum Gasteiger partial charge on any atom is -0.378 e. The fourth-order valence-corrected chi connectivity index (χ4v) is 2.50. The van der Waals surface area contributed by atoms with Crippen molar-refractivity contribution in [1.29, 1.82) is 0 Å². The SMILES string of the molecule is C#CCNC(=O)CNC(=O)NC(C)c1ccc(N2CCOCC2)cc1. The number of anilines is 1. The molecule has 3 N–H and O–H groups in total. The van der Waals surface area contributed by atoms with E-state index in [0.29, 0.717) is 0 Å². The molecule has 7 nitrogen and oxygen atoms in total. The Hall–Kier alpha value is -2.72. The third-order valence-electron chi connectivity index (χ3n) is 3.91. The van der Waals surface area contributed by atoms with Crippen LogP contribution in [0.5, 0.6) is 0 Å². The number of ether oxygens (including phenoxy) is 1. The number of nitrogens with zero attached hydrogens (tertiary/aromatic N) is 1. The first-order valence-electron chi connectivity index (χ1n) is 8.27. The van der Waals surface area contributed by atoms with Crippen LogP contribution in [0.1, 0.15) is 18.5 Å². The first kappa shape index (κ1) is 18.6. The molecule has 25 heavy (non-hydrogen) atoms. The van der Waals surface area contributed by atoms with Gasteiger partial charge in [-0.25, -0.2) is 4.79 Å². The van der Waals surface area contributed by atoms with Crippen molar-refractivity contribution in [2.75, 3.05) is 44.3 Å². The third-order valence-corrected chi connectivity index (χ3v) is 3.91. The van der Waals surface area contributed by atoms with Crippen LogP contribution in [-0.4, -0.2) is 51.3 Å². The zero-order valence-electron chi connectivity index (χ0n) is 14.4. The third kappa shape index (κ3) is 6.01. The highest BCUT2D eigenvalue weighted by atomic mass is 16.5. The van der Waals surface area contributed by atoms with E-state index in [9.17, 15) is 9.59 Å². The van der Waals surface area contributed by atoms with Crippen molar-refractivity contribution in [3.8, 4) is 12.3 Å². The molecule has 1 aromatic rings. The first-order chi connectivity index (χ1) is 12.1. The average molecular weight is 344 g/mol. The average Bonchev–Trinajstić information content (AvgIpc) is 2.65. The highest BCUT2D eigenvalue weighted by Gasteiger charge is 2.13. The molecule has 1 aromatic carbocycles. The molecule has 0 radical (unpaired) electrons. The topological polar surface area (TPSA) is 82.7 Å². The Kier molecular flexibility index (Phi) is 7.11. The Morgan fingerprint density at radius 1 is 1.24 bits per heavy atom. The summed E-state index contributed by atoms with van der Waals surface area (Å²) < 4.78 is 5.35. The maximum absolute atomic E-state index is 11.9. The van der Waals surface area contributed by atoms with Crippen LogP contribution in [0, 0.1) is 12.3 Å². The number of urea groups is 1. The lowest BCUT2D eigenvalue weighted by molar-refractivity contribution is -0.119. The highest BCUT2D eigenvalue weighted by Crippen LogP contribution is 2.20. The van der Waals surface area contributed by atoms with Crippen LogP contribution in [-0.2, 0) is 9.53 Å². The van der Waals surface area contributed by atoms with Gasteiger partial charge >= 0.3 is 6.03 Å². The predicted octanol–water partition coefficient (Wildman–Crippen LogP) is 0.633. The van der Waals surface area contributed by atoms with Crippen LogP contribution in [0.2, 0.25) is 0 Å². The van der Waals surface area contributed by atoms with Crippen molar-refractivity contribution >= 4 is 17.6 Å². The number of amides is 3. The van der Waals surface area contributed by atoms with Gasteiger partial charge in [-0.15, -0.1) is 6.42 Å². The Bertz CT molecular complexity index is 618. The zero-order valence-corrected chi connectivity index (χ0v) is 14.4. The van der Waals surface area contributed by atoms with Crippen LogP contribution in [0.25, 0.3) is 0 Å². The van der Waals surface area contributed by atoms with Crippen molar-refractivity contribution < 1.29 is 14.3 Å². The molecule has 1 fully saturated rings. The number of terminal acetylenes is 1. The molecule has 0 saturated carbocycles. The van der Waals surface area contributed by atoms with E-state index in [0.717, 1.165) is 37.6 Å². The van der Waals surface area contributed by atoms with Gasteiger partial charge in [-0.2, -0.15) is 0 Å². The van der Waals surface area contributed by atoms with Crippen LogP contribution in [0.15, 0.2) is 24.3 Å². The largest absolute Gasteiger partial charge is 0.378 e. The van der Waals surface area contributed by atoms with Gasteiger partial charge in [-0.3, -0.25) is 4.79 Å². The normalized spacial score (nSPS) is 15.0. The van der Waals surface area contributed by atoms with E-state index in [1.54, 1.807) is 0 Å². The van der Waals surface area contributed by atoms with Gasteiger partial charge in [0.05, 0.1) is 32.3 Å². The second kappa shape index (κ2) is 9.55. The summed E-state index contributed by atoms with van der Waals surface area (Å²) in [5.74, 6) is 1.97. The number of nitrogens with one attached hydrogen (secondary N) is 3. The molecule has 1 aliphatic heterocycles. The summed E-state index contributed by atoms with van der Waals surface area (Å²) in [7, 11) is 0. The molecule has 0 aromatic heterocycles. The number of rotatable bonds is 6.